The summed E-state index contributed by atoms with van der Waals surface area (Å²) in [7, 11) is 1.58. The van der Waals surface area contributed by atoms with Gasteiger partial charge >= 0.3 is 0 Å². The number of ether oxygens (including phenoxy) is 1. The molecule has 1 aliphatic heterocycles. The van der Waals surface area contributed by atoms with Crippen molar-refractivity contribution in [3.8, 4) is 11.1 Å². The Bertz CT molecular complexity index is 1770. The summed E-state index contributed by atoms with van der Waals surface area (Å²) in [4.78, 5) is 44.6. The number of nitrogens with two attached hydrogens (primary N) is 1. The molecule has 5 rings (SSSR count). The van der Waals surface area contributed by atoms with Crippen molar-refractivity contribution in [1.82, 2.24) is 25.0 Å². The number of halogens is 3. The van der Waals surface area contributed by atoms with E-state index >= 15 is 0 Å². The third-order valence-electron chi connectivity index (χ3n) is 7.79. The van der Waals surface area contributed by atoms with Crippen molar-refractivity contribution in [3.63, 3.8) is 0 Å². The fourth-order valence-electron chi connectivity index (χ4n) is 5.42. The second-order valence-electron chi connectivity index (χ2n) is 11.4. The van der Waals surface area contributed by atoms with E-state index in [1.807, 2.05) is 13.8 Å². The Morgan fingerprint density at radius 3 is 2.41 bits per heavy atom. The van der Waals surface area contributed by atoms with E-state index in [4.69, 9.17) is 10.5 Å². The lowest BCUT2D eigenvalue weighted by Crippen LogP contribution is -2.54. The third kappa shape index (κ3) is 7.09. The predicted octanol–water partition coefficient (Wildman–Crippen LogP) is 4.16. The normalized spacial score (nSPS) is 13.8. The van der Waals surface area contributed by atoms with Crippen LogP contribution in [0, 0.1) is 17.5 Å². The quantitative estimate of drug-likeness (QED) is 0.255. The lowest BCUT2D eigenvalue weighted by Gasteiger charge is -2.37. The monoisotopic (exact) mass is 634 g/mol. The minimum Gasteiger partial charge on any atom is -0.378 e. The number of hydrogen-bond acceptors (Lipinski definition) is 6. The number of methoxy groups -OCH3 is 1. The summed E-state index contributed by atoms with van der Waals surface area (Å²) in [6.07, 6.45) is 1.39. The molecule has 0 radical (unpaired) electrons. The van der Waals surface area contributed by atoms with Crippen LogP contribution in [0.5, 0.6) is 0 Å². The SMILES string of the molecule is COC1CN(C(=O)c2cc(C(C)C)n(CC(=O)NC(Cc3cc(F)cc(F)c3)c3ncccc3-c3ccc(F)c(C(N)=O)c3)n2)C1. The topological polar surface area (TPSA) is 132 Å². The van der Waals surface area contributed by atoms with Crippen molar-refractivity contribution in [2.45, 2.75) is 44.9 Å². The number of nitrogens with one attached hydrogen (secondary N) is 1. The van der Waals surface area contributed by atoms with Crippen molar-refractivity contribution < 1.29 is 32.3 Å². The zero-order valence-electron chi connectivity index (χ0n) is 25.5. The number of carbonyl (C=O) groups is 3. The van der Waals surface area contributed by atoms with E-state index in [0.717, 1.165) is 24.3 Å². The second kappa shape index (κ2) is 13.5. The minimum atomic E-state index is -0.962. The summed E-state index contributed by atoms with van der Waals surface area (Å²) in [6.45, 7) is 4.45. The Morgan fingerprint density at radius 1 is 1.04 bits per heavy atom. The Labute approximate surface area is 263 Å². The Balaban J connectivity index is 1.47. The highest BCUT2D eigenvalue weighted by molar-refractivity contribution is 5.94. The van der Waals surface area contributed by atoms with E-state index in [0.29, 0.717) is 35.6 Å². The van der Waals surface area contributed by atoms with Crippen molar-refractivity contribution in [1.29, 1.82) is 0 Å². The maximum atomic E-state index is 14.3. The maximum Gasteiger partial charge on any atom is 0.274 e. The highest BCUT2D eigenvalue weighted by Gasteiger charge is 2.33. The number of carbonyl (C=O) groups excluding carboxylic acids is 3. The van der Waals surface area contributed by atoms with Gasteiger partial charge in [0.2, 0.25) is 5.91 Å². The molecule has 10 nitrogen and oxygen atoms in total. The first-order valence-electron chi connectivity index (χ1n) is 14.6. The van der Waals surface area contributed by atoms with Gasteiger partial charge in [-0.3, -0.25) is 24.0 Å². The number of pyridine rings is 1. The van der Waals surface area contributed by atoms with Crippen LogP contribution in [0.2, 0.25) is 0 Å². The van der Waals surface area contributed by atoms with Crippen molar-refractivity contribution in [3.05, 3.63) is 106 Å². The van der Waals surface area contributed by atoms with Crippen LogP contribution >= 0.6 is 0 Å². The zero-order valence-corrected chi connectivity index (χ0v) is 25.5. The first-order chi connectivity index (χ1) is 21.9. The van der Waals surface area contributed by atoms with Crippen LogP contribution in [-0.2, 0) is 22.5 Å². The van der Waals surface area contributed by atoms with E-state index in [1.54, 1.807) is 30.2 Å². The summed E-state index contributed by atoms with van der Waals surface area (Å²) in [6, 6.07) is 10.9. The molecule has 1 fully saturated rings. The highest BCUT2D eigenvalue weighted by Crippen LogP contribution is 2.30. The van der Waals surface area contributed by atoms with E-state index < -0.39 is 35.3 Å². The summed E-state index contributed by atoms with van der Waals surface area (Å²) in [5, 5.41) is 7.35. The van der Waals surface area contributed by atoms with Gasteiger partial charge < -0.3 is 20.7 Å². The third-order valence-corrected chi connectivity index (χ3v) is 7.79. The summed E-state index contributed by atoms with van der Waals surface area (Å²) < 4.78 is 49.4. The van der Waals surface area contributed by atoms with Gasteiger partial charge in [-0.2, -0.15) is 5.10 Å². The highest BCUT2D eigenvalue weighted by atomic mass is 19.1. The molecule has 13 heteroatoms. The molecule has 4 aromatic rings. The van der Waals surface area contributed by atoms with Gasteiger partial charge in [0.25, 0.3) is 11.8 Å². The molecule has 1 atom stereocenters. The average molecular weight is 635 g/mol. The molecule has 0 bridgehead atoms. The van der Waals surface area contributed by atoms with Crippen LogP contribution in [0.25, 0.3) is 11.1 Å². The van der Waals surface area contributed by atoms with Gasteiger partial charge in [-0.25, -0.2) is 13.2 Å². The van der Waals surface area contributed by atoms with E-state index in [9.17, 15) is 27.6 Å². The molecule has 3 heterocycles. The number of primary amides is 1. The van der Waals surface area contributed by atoms with Gasteiger partial charge in [0.15, 0.2) is 5.69 Å². The van der Waals surface area contributed by atoms with E-state index in [2.05, 4.69) is 15.4 Å². The number of amides is 3. The van der Waals surface area contributed by atoms with Gasteiger partial charge in [0, 0.05) is 43.7 Å². The van der Waals surface area contributed by atoms with E-state index in [-0.39, 0.29) is 47.7 Å². The fourth-order valence-corrected chi connectivity index (χ4v) is 5.42. The number of benzene rings is 2. The van der Waals surface area contributed by atoms with Crippen molar-refractivity contribution >= 4 is 17.7 Å². The molecule has 1 saturated heterocycles. The molecule has 0 saturated carbocycles. The smallest absolute Gasteiger partial charge is 0.274 e. The molecular weight excluding hydrogens is 601 g/mol. The lowest BCUT2D eigenvalue weighted by molar-refractivity contribution is -0.122. The molecule has 1 unspecified atom stereocenters. The molecular formula is C33H33F3N6O4. The largest absolute Gasteiger partial charge is 0.378 e. The number of hydrogen-bond donors (Lipinski definition) is 2. The van der Waals surface area contributed by atoms with Gasteiger partial charge in [0.05, 0.1) is 23.4 Å². The molecule has 0 spiro atoms. The van der Waals surface area contributed by atoms with Crippen LogP contribution in [0.4, 0.5) is 13.2 Å². The first-order valence-corrected chi connectivity index (χ1v) is 14.6. The Kier molecular flexibility index (Phi) is 9.52. The molecule has 46 heavy (non-hydrogen) atoms. The fraction of sp³-hybridized carbons (Fsp3) is 0.303. The van der Waals surface area contributed by atoms with Crippen LogP contribution < -0.4 is 11.1 Å². The Morgan fingerprint density at radius 2 is 1.76 bits per heavy atom. The zero-order chi connectivity index (χ0) is 33.1. The van der Waals surface area contributed by atoms with Crippen LogP contribution in [0.3, 0.4) is 0 Å². The standard InChI is InChI=1S/C33H33F3N6O4/c1-18(2)29-14-28(33(45)41-15-23(16-41)46-3)40-42(29)17-30(43)39-27(11-19-9-21(34)13-22(35)10-19)31-24(5-4-8-38-31)20-6-7-26(36)25(12-20)32(37)44/h4-10,12-14,18,23,27H,11,15-17H2,1-3H3,(H2,37,44)(H,39,43). The van der Waals surface area contributed by atoms with Crippen molar-refractivity contribution in [2.24, 2.45) is 5.73 Å². The van der Waals surface area contributed by atoms with Gasteiger partial charge in [-0.05, 0) is 59.9 Å². The molecule has 1 aliphatic rings. The number of rotatable bonds is 11. The number of aromatic nitrogens is 3. The molecule has 2 aromatic carbocycles. The van der Waals surface area contributed by atoms with Crippen LogP contribution in [-0.4, -0.2) is 63.7 Å². The molecule has 240 valence electrons. The number of likely N-dealkylation sites (tertiary alicyclic amines) is 1. The number of nitrogens with zero attached hydrogens (tertiary/aromatic N) is 4. The predicted molar refractivity (Wildman–Crippen MR) is 162 cm³/mol. The molecule has 0 aliphatic carbocycles. The van der Waals surface area contributed by atoms with Crippen LogP contribution in [0.1, 0.15) is 63.6 Å². The molecule has 2 aromatic heterocycles. The maximum absolute atomic E-state index is 14.3. The Hall–Kier alpha value is -5.04. The van der Waals surface area contributed by atoms with Gasteiger partial charge in [-0.15, -0.1) is 0 Å². The van der Waals surface area contributed by atoms with Crippen LogP contribution in [0.15, 0.2) is 60.8 Å². The summed E-state index contributed by atoms with van der Waals surface area (Å²) in [5.74, 6) is -4.20. The second-order valence-corrected chi connectivity index (χ2v) is 11.4. The van der Waals surface area contributed by atoms with E-state index in [1.165, 1.54) is 23.0 Å². The van der Waals surface area contributed by atoms with Crippen molar-refractivity contribution in [2.75, 3.05) is 20.2 Å². The van der Waals surface area contributed by atoms with Gasteiger partial charge in [-0.1, -0.05) is 26.0 Å². The minimum absolute atomic E-state index is 0.0290. The summed E-state index contributed by atoms with van der Waals surface area (Å²) >= 11 is 0. The first kappa shape index (κ1) is 32.4. The molecule has 3 N–H and O–H groups in total. The summed E-state index contributed by atoms with van der Waals surface area (Å²) in [5.41, 5.74) is 7.26. The average Bonchev–Trinajstić information content (AvgIpc) is 3.40. The molecule has 3 amide bonds. The van der Waals surface area contributed by atoms with Gasteiger partial charge in [0.1, 0.15) is 24.0 Å². The lowest BCUT2D eigenvalue weighted by atomic mass is 9.94.